The van der Waals surface area contributed by atoms with Gasteiger partial charge in [0, 0.05) is 24.8 Å². The lowest BCUT2D eigenvalue weighted by molar-refractivity contribution is 0.0937. The lowest BCUT2D eigenvalue weighted by atomic mass is 10.0. The lowest BCUT2D eigenvalue weighted by Crippen LogP contribution is -2.28. The molecule has 0 aliphatic rings. The van der Waals surface area contributed by atoms with Crippen molar-refractivity contribution >= 4 is 16.9 Å². The van der Waals surface area contributed by atoms with Crippen LogP contribution < -0.4 is 10.1 Å². The maximum Gasteiger partial charge on any atom is 0.253 e. The normalized spacial score (nSPS) is 12.1. The zero-order valence-corrected chi connectivity index (χ0v) is 14.1. The highest BCUT2D eigenvalue weighted by molar-refractivity contribution is 6.06. The Bertz CT molecular complexity index is 853. The highest BCUT2D eigenvalue weighted by Crippen LogP contribution is 2.23. The van der Waals surface area contributed by atoms with E-state index >= 15 is 0 Å². The molecule has 0 saturated heterocycles. The average Bonchev–Trinajstić information content (AvgIpc) is 2.97. The van der Waals surface area contributed by atoms with Crippen LogP contribution in [-0.4, -0.2) is 22.6 Å². The first kappa shape index (κ1) is 16.1. The van der Waals surface area contributed by atoms with Crippen molar-refractivity contribution in [2.24, 2.45) is 7.05 Å². The molecule has 0 unspecified atom stereocenters. The van der Waals surface area contributed by atoms with E-state index in [1.54, 1.807) is 13.3 Å². The van der Waals surface area contributed by atoms with Gasteiger partial charge in [0.05, 0.1) is 18.7 Å². The molecule has 0 radical (unpaired) electrons. The van der Waals surface area contributed by atoms with E-state index < -0.39 is 0 Å². The molecule has 0 saturated carbocycles. The Morgan fingerprint density at radius 1 is 1.29 bits per heavy atom. The van der Waals surface area contributed by atoms with Crippen LogP contribution in [0.2, 0.25) is 0 Å². The van der Waals surface area contributed by atoms with Crippen molar-refractivity contribution in [1.82, 2.24) is 14.9 Å². The van der Waals surface area contributed by atoms with Crippen molar-refractivity contribution in [3.63, 3.8) is 0 Å². The molecular formula is C19H21N3O2. The molecule has 5 heteroatoms. The van der Waals surface area contributed by atoms with Gasteiger partial charge in [-0.25, -0.2) is 4.98 Å². The molecule has 24 heavy (non-hydrogen) atoms. The molecule has 2 aromatic heterocycles. The zero-order chi connectivity index (χ0) is 17.1. The monoisotopic (exact) mass is 323 g/mol. The van der Waals surface area contributed by atoms with Crippen LogP contribution in [0, 0.1) is 0 Å². The SMILES string of the molecule is CC[C@@H](NC(=O)c1cn(C)c2ncccc12)c1ccc(OC)cc1. The van der Waals surface area contributed by atoms with Gasteiger partial charge < -0.3 is 14.6 Å². The van der Waals surface area contributed by atoms with Gasteiger partial charge in [-0.2, -0.15) is 0 Å². The summed E-state index contributed by atoms with van der Waals surface area (Å²) in [7, 11) is 3.54. The standard InChI is InChI=1S/C19H21N3O2/c1-4-17(13-7-9-14(24-3)10-8-13)21-19(23)16-12-22(2)18-15(16)6-5-11-20-18/h5-12,17H,4H2,1-3H3,(H,21,23)/t17-/m1/s1. The lowest BCUT2D eigenvalue weighted by Gasteiger charge is -2.17. The summed E-state index contributed by atoms with van der Waals surface area (Å²) in [4.78, 5) is 17.1. The van der Waals surface area contributed by atoms with E-state index in [2.05, 4.69) is 17.2 Å². The molecule has 2 heterocycles. The quantitative estimate of drug-likeness (QED) is 0.782. The molecule has 0 bridgehead atoms. The van der Waals surface area contributed by atoms with Gasteiger partial charge in [-0.15, -0.1) is 0 Å². The molecule has 1 aromatic carbocycles. The average molecular weight is 323 g/mol. The second-order valence-electron chi connectivity index (χ2n) is 5.74. The molecule has 1 atom stereocenters. The Labute approximate surface area is 141 Å². The minimum absolute atomic E-state index is 0.0460. The number of aromatic nitrogens is 2. The first-order valence-corrected chi connectivity index (χ1v) is 7.99. The van der Waals surface area contributed by atoms with Crippen LogP contribution >= 0.6 is 0 Å². The maximum atomic E-state index is 12.8. The predicted molar refractivity (Wildman–Crippen MR) is 94.2 cm³/mol. The van der Waals surface area contributed by atoms with Crippen molar-refractivity contribution in [1.29, 1.82) is 0 Å². The zero-order valence-electron chi connectivity index (χ0n) is 14.1. The van der Waals surface area contributed by atoms with Crippen LogP contribution in [0.5, 0.6) is 5.75 Å². The molecule has 0 aliphatic heterocycles. The molecule has 0 aliphatic carbocycles. The third kappa shape index (κ3) is 2.97. The summed E-state index contributed by atoms with van der Waals surface area (Å²) in [5.41, 5.74) is 2.51. The Hall–Kier alpha value is -2.82. The first-order valence-electron chi connectivity index (χ1n) is 7.99. The van der Waals surface area contributed by atoms with Gasteiger partial charge in [-0.1, -0.05) is 19.1 Å². The number of fused-ring (bicyclic) bond motifs is 1. The van der Waals surface area contributed by atoms with E-state index in [9.17, 15) is 4.79 Å². The Balaban J connectivity index is 1.85. The summed E-state index contributed by atoms with van der Waals surface area (Å²) < 4.78 is 7.06. The first-order chi connectivity index (χ1) is 11.6. The number of aryl methyl sites for hydroxylation is 1. The number of hydrogen-bond donors (Lipinski definition) is 1. The number of carbonyl (C=O) groups excluding carboxylic acids is 1. The summed E-state index contributed by atoms with van der Waals surface area (Å²) in [5.74, 6) is 0.719. The fourth-order valence-corrected chi connectivity index (χ4v) is 2.89. The van der Waals surface area contributed by atoms with Crippen molar-refractivity contribution in [2.75, 3.05) is 7.11 Å². The van der Waals surface area contributed by atoms with Crippen molar-refractivity contribution in [3.8, 4) is 5.75 Å². The predicted octanol–water partition coefficient (Wildman–Crippen LogP) is 3.46. The van der Waals surface area contributed by atoms with E-state index in [0.29, 0.717) is 5.56 Å². The maximum absolute atomic E-state index is 12.8. The van der Waals surface area contributed by atoms with Gasteiger partial charge in [0.15, 0.2) is 0 Å². The molecule has 0 fully saturated rings. The van der Waals surface area contributed by atoms with Crippen LogP contribution in [0.4, 0.5) is 0 Å². The fourth-order valence-electron chi connectivity index (χ4n) is 2.89. The summed E-state index contributed by atoms with van der Waals surface area (Å²) in [6, 6.07) is 11.5. The van der Waals surface area contributed by atoms with Gasteiger partial charge in [0.1, 0.15) is 11.4 Å². The van der Waals surface area contributed by atoms with Crippen molar-refractivity contribution in [3.05, 3.63) is 59.9 Å². The van der Waals surface area contributed by atoms with Crippen LogP contribution in [-0.2, 0) is 7.05 Å². The van der Waals surface area contributed by atoms with Crippen molar-refractivity contribution < 1.29 is 9.53 Å². The summed E-state index contributed by atoms with van der Waals surface area (Å²) >= 11 is 0. The molecule has 5 nitrogen and oxygen atoms in total. The van der Waals surface area contributed by atoms with E-state index in [4.69, 9.17) is 4.74 Å². The van der Waals surface area contributed by atoms with Gasteiger partial charge in [0.25, 0.3) is 5.91 Å². The Morgan fingerprint density at radius 2 is 2.04 bits per heavy atom. The number of amides is 1. The number of methoxy groups -OCH3 is 1. The highest BCUT2D eigenvalue weighted by Gasteiger charge is 2.18. The van der Waals surface area contributed by atoms with Crippen molar-refractivity contribution in [2.45, 2.75) is 19.4 Å². The Kier molecular flexibility index (Phi) is 4.51. The largest absolute Gasteiger partial charge is 0.497 e. The molecule has 124 valence electrons. The second kappa shape index (κ2) is 6.74. The number of rotatable bonds is 5. The summed E-state index contributed by atoms with van der Waals surface area (Å²) in [6.45, 7) is 2.06. The molecule has 1 amide bonds. The van der Waals surface area contributed by atoms with E-state index in [1.807, 2.05) is 54.2 Å². The number of carbonyl (C=O) groups is 1. The topological polar surface area (TPSA) is 56.2 Å². The van der Waals surface area contributed by atoms with Crippen LogP contribution in [0.15, 0.2) is 48.8 Å². The summed E-state index contributed by atoms with van der Waals surface area (Å²) in [5, 5.41) is 3.98. The minimum Gasteiger partial charge on any atom is -0.497 e. The van der Waals surface area contributed by atoms with Gasteiger partial charge in [-0.05, 0) is 36.2 Å². The summed E-state index contributed by atoms with van der Waals surface area (Å²) in [6.07, 6.45) is 4.37. The third-order valence-electron chi connectivity index (χ3n) is 4.21. The molecule has 3 rings (SSSR count). The van der Waals surface area contributed by atoms with E-state index in [1.165, 1.54) is 0 Å². The number of benzene rings is 1. The number of nitrogens with one attached hydrogen (secondary N) is 1. The highest BCUT2D eigenvalue weighted by atomic mass is 16.5. The van der Waals surface area contributed by atoms with E-state index in [0.717, 1.165) is 28.8 Å². The van der Waals surface area contributed by atoms with Gasteiger partial charge in [-0.3, -0.25) is 4.79 Å². The fraction of sp³-hybridized carbons (Fsp3) is 0.263. The van der Waals surface area contributed by atoms with Crippen LogP contribution in [0.3, 0.4) is 0 Å². The molecule has 0 spiro atoms. The molecule has 1 N–H and O–H groups in total. The Morgan fingerprint density at radius 3 is 2.71 bits per heavy atom. The van der Waals surface area contributed by atoms with Gasteiger partial charge in [0.2, 0.25) is 0 Å². The number of nitrogens with zero attached hydrogens (tertiary/aromatic N) is 2. The number of pyridine rings is 1. The smallest absolute Gasteiger partial charge is 0.253 e. The second-order valence-corrected chi connectivity index (χ2v) is 5.74. The molecular weight excluding hydrogens is 302 g/mol. The number of hydrogen-bond acceptors (Lipinski definition) is 3. The van der Waals surface area contributed by atoms with Gasteiger partial charge >= 0.3 is 0 Å². The molecule has 3 aromatic rings. The van der Waals surface area contributed by atoms with Crippen LogP contribution in [0.25, 0.3) is 11.0 Å². The minimum atomic E-state index is -0.0868. The van der Waals surface area contributed by atoms with Crippen LogP contribution in [0.1, 0.15) is 35.3 Å². The number of ether oxygens (including phenoxy) is 1. The third-order valence-corrected chi connectivity index (χ3v) is 4.21. The van der Waals surface area contributed by atoms with E-state index in [-0.39, 0.29) is 11.9 Å².